The zero-order chi connectivity index (χ0) is 16.7. The Kier molecular flexibility index (Phi) is 6.36. The number of hydrogen-bond acceptors (Lipinski definition) is 2. The first-order chi connectivity index (χ1) is 11.1. The molecule has 0 spiro atoms. The third kappa shape index (κ3) is 5.53. The minimum Gasteiger partial charge on any atom is -0.345 e. The Hall–Kier alpha value is -2.13. The summed E-state index contributed by atoms with van der Waals surface area (Å²) in [5.74, 6) is -0.0105. The van der Waals surface area contributed by atoms with E-state index in [-0.39, 0.29) is 11.9 Å². The molecule has 2 aromatic rings. The molecule has 3 heteroatoms. The summed E-state index contributed by atoms with van der Waals surface area (Å²) < 4.78 is 0. The smallest absolute Gasteiger partial charge is 0.251 e. The van der Waals surface area contributed by atoms with Crippen LogP contribution in [0.1, 0.15) is 40.4 Å². The van der Waals surface area contributed by atoms with Crippen LogP contribution in [-0.2, 0) is 0 Å². The van der Waals surface area contributed by atoms with Crippen LogP contribution >= 0.6 is 0 Å². The van der Waals surface area contributed by atoms with Crippen molar-refractivity contribution in [3.05, 3.63) is 71.3 Å². The SMILES string of the molecule is Cc1ccc(C(=O)NC(CCCN(C)C)c2ccccc2)cc1. The van der Waals surface area contributed by atoms with Gasteiger partial charge in [0.15, 0.2) is 0 Å². The van der Waals surface area contributed by atoms with Gasteiger partial charge in [0.25, 0.3) is 5.91 Å². The van der Waals surface area contributed by atoms with Crippen molar-refractivity contribution >= 4 is 5.91 Å². The normalized spacial score (nSPS) is 12.2. The van der Waals surface area contributed by atoms with Crippen molar-refractivity contribution in [1.29, 1.82) is 0 Å². The molecule has 0 aliphatic heterocycles. The number of carbonyl (C=O) groups is 1. The van der Waals surface area contributed by atoms with Gasteiger partial charge in [0.05, 0.1) is 6.04 Å². The minimum absolute atomic E-state index is 0.0105. The number of hydrogen-bond donors (Lipinski definition) is 1. The fourth-order valence-electron chi connectivity index (χ4n) is 2.57. The molecule has 1 amide bonds. The topological polar surface area (TPSA) is 32.3 Å². The molecule has 0 bridgehead atoms. The first kappa shape index (κ1) is 17.2. The monoisotopic (exact) mass is 310 g/mol. The Morgan fingerprint density at radius 3 is 2.30 bits per heavy atom. The molecular weight excluding hydrogens is 284 g/mol. The van der Waals surface area contributed by atoms with Crippen molar-refractivity contribution in [1.82, 2.24) is 10.2 Å². The zero-order valence-corrected chi connectivity index (χ0v) is 14.3. The maximum atomic E-state index is 12.5. The van der Waals surface area contributed by atoms with Gasteiger partial charge in [-0.25, -0.2) is 0 Å². The lowest BCUT2D eigenvalue weighted by atomic mass is 10.0. The second kappa shape index (κ2) is 8.49. The molecule has 0 aromatic heterocycles. The van der Waals surface area contributed by atoms with E-state index in [0.29, 0.717) is 5.56 Å². The van der Waals surface area contributed by atoms with Gasteiger partial charge in [0.2, 0.25) is 0 Å². The highest BCUT2D eigenvalue weighted by atomic mass is 16.1. The van der Waals surface area contributed by atoms with Gasteiger partial charge in [-0.1, -0.05) is 48.0 Å². The number of carbonyl (C=O) groups excluding carboxylic acids is 1. The van der Waals surface area contributed by atoms with Gasteiger partial charge in [0.1, 0.15) is 0 Å². The molecule has 0 aliphatic rings. The zero-order valence-electron chi connectivity index (χ0n) is 14.3. The van der Waals surface area contributed by atoms with Crippen molar-refractivity contribution in [2.75, 3.05) is 20.6 Å². The van der Waals surface area contributed by atoms with Crippen LogP contribution in [0.3, 0.4) is 0 Å². The molecule has 1 unspecified atom stereocenters. The van der Waals surface area contributed by atoms with Gasteiger partial charge in [0, 0.05) is 5.56 Å². The van der Waals surface area contributed by atoms with Crippen LogP contribution < -0.4 is 5.32 Å². The molecule has 0 aliphatic carbocycles. The molecule has 0 saturated carbocycles. The summed E-state index contributed by atoms with van der Waals surface area (Å²) in [6, 6.07) is 18.0. The van der Waals surface area contributed by atoms with Crippen LogP contribution in [0.25, 0.3) is 0 Å². The van der Waals surface area contributed by atoms with Gasteiger partial charge in [-0.05, 0) is 58.1 Å². The average Bonchev–Trinajstić information content (AvgIpc) is 2.55. The van der Waals surface area contributed by atoms with E-state index in [2.05, 4.69) is 36.4 Å². The van der Waals surface area contributed by atoms with Crippen molar-refractivity contribution in [2.24, 2.45) is 0 Å². The first-order valence-electron chi connectivity index (χ1n) is 8.13. The second-order valence-electron chi connectivity index (χ2n) is 6.25. The van der Waals surface area contributed by atoms with Crippen LogP contribution in [0, 0.1) is 6.92 Å². The molecule has 0 radical (unpaired) electrons. The van der Waals surface area contributed by atoms with Crippen LogP contribution in [0.2, 0.25) is 0 Å². The van der Waals surface area contributed by atoms with Crippen molar-refractivity contribution in [3.63, 3.8) is 0 Å². The molecule has 2 rings (SSSR count). The number of nitrogens with zero attached hydrogens (tertiary/aromatic N) is 1. The van der Waals surface area contributed by atoms with E-state index in [0.717, 1.165) is 30.5 Å². The molecule has 3 nitrogen and oxygen atoms in total. The number of amides is 1. The van der Waals surface area contributed by atoms with E-state index in [1.165, 1.54) is 0 Å². The van der Waals surface area contributed by atoms with Gasteiger partial charge < -0.3 is 10.2 Å². The predicted molar refractivity (Wildman–Crippen MR) is 95.6 cm³/mol. The Bertz CT molecular complexity index is 605. The molecule has 1 atom stereocenters. The molecule has 0 fully saturated rings. The number of rotatable bonds is 7. The summed E-state index contributed by atoms with van der Waals surface area (Å²) in [5, 5.41) is 3.19. The van der Waals surface area contributed by atoms with Crippen LogP contribution in [-0.4, -0.2) is 31.4 Å². The van der Waals surface area contributed by atoms with Gasteiger partial charge >= 0.3 is 0 Å². The van der Waals surface area contributed by atoms with Crippen LogP contribution in [0.15, 0.2) is 54.6 Å². The van der Waals surface area contributed by atoms with E-state index < -0.39 is 0 Å². The average molecular weight is 310 g/mol. The van der Waals surface area contributed by atoms with Gasteiger partial charge in [-0.2, -0.15) is 0 Å². The van der Waals surface area contributed by atoms with E-state index in [1.807, 2.05) is 49.4 Å². The lowest BCUT2D eigenvalue weighted by Crippen LogP contribution is -2.29. The highest BCUT2D eigenvalue weighted by molar-refractivity contribution is 5.94. The molecule has 122 valence electrons. The summed E-state index contributed by atoms with van der Waals surface area (Å²) in [4.78, 5) is 14.7. The summed E-state index contributed by atoms with van der Waals surface area (Å²) >= 11 is 0. The highest BCUT2D eigenvalue weighted by Gasteiger charge is 2.15. The molecule has 1 N–H and O–H groups in total. The Morgan fingerprint density at radius 1 is 1.04 bits per heavy atom. The molecule has 0 heterocycles. The lowest BCUT2D eigenvalue weighted by molar-refractivity contribution is 0.0933. The maximum absolute atomic E-state index is 12.5. The Labute approximate surface area is 139 Å². The number of benzene rings is 2. The van der Waals surface area contributed by atoms with Crippen LogP contribution in [0.5, 0.6) is 0 Å². The highest BCUT2D eigenvalue weighted by Crippen LogP contribution is 2.19. The van der Waals surface area contributed by atoms with E-state index in [1.54, 1.807) is 0 Å². The largest absolute Gasteiger partial charge is 0.345 e. The quantitative estimate of drug-likeness (QED) is 0.843. The number of nitrogens with one attached hydrogen (secondary N) is 1. The maximum Gasteiger partial charge on any atom is 0.251 e. The van der Waals surface area contributed by atoms with Crippen molar-refractivity contribution < 1.29 is 4.79 Å². The number of aryl methyl sites for hydroxylation is 1. The van der Waals surface area contributed by atoms with Gasteiger partial charge in [-0.3, -0.25) is 4.79 Å². The van der Waals surface area contributed by atoms with Crippen molar-refractivity contribution in [3.8, 4) is 0 Å². The van der Waals surface area contributed by atoms with E-state index in [4.69, 9.17) is 0 Å². The fourth-order valence-corrected chi connectivity index (χ4v) is 2.57. The molecular formula is C20H26N2O. The molecule has 23 heavy (non-hydrogen) atoms. The third-order valence-corrected chi connectivity index (χ3v) is 3.92. The third-order valence-electron chi connectivity index (χ3n) is 3.92. The van der Waals surface area contributed by atoms with E-state index in [9.17, 15) is 4.79 Å². The first-order valence-corrected chi connectivity index (χ1v) is 8.13. The summed E-state index contributed by atoms with van der Waals surface area (Å²) in [7, 11) is 4.14. The minimum atomic E-state index is -0.0105. The molecule has 0 saturated heterocycles. The summed E-state index contributed by atoms with van der Waals surface area (Å²) in [6.07, 6.45) is 1.97. The van der Waals surface area contributed by atoms with Crippen LogP contribution in [0.4, 0.5) is 0 Å². The fraction of sp³-hybridized carbons (Fsp3) is 0.350. The van der Waals surface area contributed by atoms with Crippen molar-refractivity contribution in [2.45, 2.75) is 25.8 Å². The summed E-state index contributed by atoms with van der Waals surface area (Å²) in [5.41, 5.74) is 3.03. The predicted octanol–water partition coefficient (Wildman–Crippen LogP) is 3.81. The lowest BCUT2D eigenvalue weighted by Gasteiger charge is -2.20. The van der Waals surface area contributed by atoms with E-state index >= 15 is 0 Å². The van der Waals surface area contributed by atoms with Gasteiger partial charge in [-0.15, -0.1) is 0 Å². The Morgan fingerprint density at radius 2 is 1.70 bits per heavy atom. The summed E-state index contributed by atoms with van der Waals surface area (Å²) in [6.45, 7) is 3.04. The standard InChI is InChI=1S/C20H26N2O/c1-16-11-13-18(14-12-16)20(23)21-19(10-7-15-22(2)3)17-8-5-4-6-9-17/h4-6,8-9,11-14,19H,7,10,15H2,1-3H3,(H,21,23). The molecule has 2 aromatic carbocycles. The Balaban J connectivity index is 2.07. The second-order valence-corrected chi connectivity index (χ2v) is 6.25.